The SMILES string of the molecule is Cc1cccc(-c2cnc(CNCc3ccc(Cl)c(Cl)c3)s2)n1. The molecular formula is C17H15Cl2N3S. The van der Waals surface area contributed by atoms with E-state index in [9.17, 15) is 0 Å². The first-order chi connectivity index (χ1) is 11.1. The van der Waals surface area contributed by atoms with E-state index in [0.29, 0.717) is 23.1 Å². The molecule has 0 unspecified atom stereocenters. The van der Waals surface area contributed by atoms with Gasteiger partial charge in [0, 0.05) is 25.0 Å². The van der Waals surface area contributed by atoms with Gasteiger partial charge in [-0.15, -0.1) is 11.3 Å². The zero-order valence-electron chi connectivity index (χ0n) is 12.5. The smallest absolute Gasteiger partial charge is 0.107 e. The molecule has 0 spiro atoms. The van der Waals surface area contributed by atoms with Crippen LogP contribution in [-0.2, 0) is 13.1 Å². The Morgan fingerprint density at radius 2 is 1.96 bits per heavy atom. The van der Waals surface area contributed by atoms with Gasteiger partial charge < -0.3 is 5.32 Å². The van der Waals surface area contributed by atoms with Crippen LogP contribution in [0.15, 0.2) is 42.6 Å². The number of nitrogens with zero attached hydrogens (tertiary/aromatic N) is 2. The molecule has 0 aliphatic carbocycles. The van der Waals surface area contributed by atoms with Gasteiger partial charge in [-0.3, -0.25) is 4.98 Å². The monoisotopic (exact) mass is 363 g/mol. The molecule has 6 heteroatoms. The highest BCUT2D eigenvalue weighted by molar-refractivity contribution is 7.15. The Morgan fingerprint density at radius 1 is 1.09 bits per heavy atom. The summed E-state index contributed by atoms with van der Waals surface area (Å²) in [7, 11) is 0. The molecule has 23 heavy (non-hydrogen) atoms. The number of benzene rings is 1. The van der Waals surface area contributed by atoms with Gasteiger partial charge in [-0.2, -0.15) is 0 Å². The van der Waals surface area contributed by atoms with E-state index in [4.69, 9.17) is 23.2 Å². The van der Waals surface area contributed by atoms with Crippen LogP contribution >= 0.6 is 34.5 Å². The zero-order chi connectivity index (χ0) is 16.2. The minimum atomic E-state index is 0.575. The zero-order valence-corrected chi connectivity index (χ0v) is 14.8. The lowest BCUT2D eigenvalue weighted by Crippen LogP contribution is -2.12. The quantitative estimate of drug-likeness (QED) is 0.684. The average Bonchev–Trinajstić information content (AvgIpc) is 3.00. The Kier molecular flexibility index (Phi) is 5.28. The third kappa shape index (κ3) is 4.30. The molecule has 3 aromatic rings. The third-order valence-corrected chi connectivity index (χ3v) is 5.04. The van der Waals surface area contributed by atoms with E-state index in [1.54, 1.807) is 11.3 Å². The highest BCUT2D eigenvalue weighted by Crippen LogP contribution is 2.25. The molecule has 118 valence electrons. The summed E-state index contributed by atoms with van der Waals surface area (Å²) in [6.07, 6.45) is 1.88. The number of rotatable bonds is 5. The number of aromatic nitrogens is 2. The molecule has 0 fully saturated rings. The minimum absolute atomic E-state index is 0.575. The van der Waals surface area contributed by atoms with Gasteiger partial charge in [-0.05, 0) is 36.8 Å². The standard InChI is InChI=1S/C17H15Cl2N3S/c1-11-3-2-4-15(22-11)16-9-21-17(23-16)10-20-8-12-5-6-13(18)14(19)7-12/h2-7,9,20H,8,10H2,1H3. The second kappa shape index (κ2) is 7.41. The number of pyridine rings is 1. The maximum atomic E-state index is 6.02. The summed E-state index contributed by atoms with van der Waals surface area (Å²) in [5.74, 6) is 0. The van der Waals surface area contributed by atoms with Crippen LogP contribution in [0.4, 0.5) is 0 Å². The van der Waals surface area contributed by atoms with Crippen molar-refractivity contribution in [3.63, 3.8) is 0 Å². The first kappa shape index (κ1) is 16.4. The molecule has 3 rings (SSSR count). The summed E-state index contributed by atoms with van der Waals surface area (Å²) >= 11 is 13.6. The number of nitrogens with one attached hydrogen (secondary N) is 1. The number of thiazole rings is 1. The Hall–Kier alpha value is -1.46. The molecule has 0 amide bonds. The molecule has 0 aliphatic heterocycles. The van der Waals surface area contributed by atoms with Crippen LogP contribution in [0, 0.1) is 6.92 Å². The molecule has 1 aromatic carbocycles. The molecule has 0 saturated carbocycles. The maximum absolute atomic E-state index is 6.02. The van der Waals surface area contributed by atoms with Crippen LogP contribution in [-0.4, -0.2) is 9.97 Å². The average molecular weight is 364 g/mol. The Bertz CT molecular complexity index is 817. The van der Waals surface area contributed by atoms with E-state index in [0.717, 1.165) is 26.8 Å². The van der Waals surface area contributed by atoms with Crippen LogP contribution in [0.3, 0.4) is 0 Å². The second-order valence-corrected chi connectivity index (χ2v) is 7.06. The Balaban J connectivity index is 1.60. The van der Waals surface area contributed by atoms with Crippen molar-refractivity contribution in [3.8, 4) is 10.6 Å². The van der Waals surface area contributed by atoms with Crippen LogP contribution < -0.4 is 5.32 Å². The number of aryl methyl sites for hydroxylation is 1. The second-order valence-electron chi connectivity index (χ2n) is 5.13. The molecule has 2 heterocycles. The van der Waals surface area contributed by atoms with E-state index in [1.807, 2.05) is 49.5 Å². The lowest BCUT2D eigenvalue weighted by Gasteiger charge is -2.04. The van der Waals surface area contributed by atoms with Crippen LogP contribution in [0.2, 0.25) is 10.0 Å². The third-order valence-electron chi connectivity index (χ3n) is 3.28. The van der Waals surface area contributed by atoms with Gasteiger partial charge in [0.2, 0.25) is 0 Å². The van der Waals surface area contributed by atoms with Gasteiger partial charge in [-0.25, -0.2) is 4.98 Å². The number of hydrogen-bond acceptors (Lipinski definition) is 4. The van der Waals surface area contributed by atoms with E-state index in [-0.39, 0.29) is 0 Å². The van der Waals surface area contributed by atoms with Crippen LogP contribution in [0.1, 0.15) is 16.3 Å². The van der Waals surface area contributed by atoms with Gasteiger partial charge in [0.15, 0.2) is 0 Å². The Labute approximate surface area is 149 Å². The van der Waals surface area contributed by atoms with Crippen molar-refractivity contribution in [1.29, 1.82) is 0 Å². The summed E-state index contributed by atoms with van der Waals surface area (Å²) in [6.45, 7) is 3.41. The van der Waals surface area contributed by atoms with Crippen molar-refractivity contribution < 1.29 is 0 Å². The highest BCUT2D eigenvalue weighted by Gasteiger charge is 2.06. The van der Waals surface area contributed by atoms with Crippen molar-refractivity contribution in [3.05, 3.63) is 68.9 Å². The fraction of sp³-hybridized carbons (Fsp3) is 0.176. The summed E-state index contributed by atoms with van der Waals surface area (Å²) in [4.78, 5) is 10.1. The minimum Gasteiger partial charge on any atom is -0.306 e. The van der Waals surface area contributed by atoms with Crippen LogP contribution in [0.25, 0.3) is 10.6 Å². The van der Waals surface area contributed by atoms with Crippen molar-refractivity contribution in [2.75, 3.05) is 0 Å². The van der Waals surface area contributed by atoms with Gasteiger partial charge in [0.05, 0.1) is 20.6 Å². The summed E-state index contributed by atoms with van der Waals surface area (Å²) < 4.78 is 0. The lowest BCUT2D eigenvalue weighted by molar-refractivity contribution is 0.690. The Morgan fingerprint density at radius 3 is 2.74 bits per heavy atom. The molecule has 0 saturated heterocycles. The normalized spacial score (nSPS) is 10.9. The predicted molar refractivity (Wildman–Crippen MR) is 97.1 cm³/mol. The van der Waals surface area contributed by atoms with Crippen molar-refractivity contribution in [1.82, 2.24) is 15.3 Å². The van der Waals surface area contributed by atoms with Crippen LogP contribution in [0.5, 0.6) is 0 Å². The maximum Gasteiger partial charge on any atom is 0.107 e. The van der Waals surface area contributed by atoms with Crippen molar-refractivity contribution >= 4 is 34.5 Å². The van der Waals surface area contributed by atoms with Gasteiger partial charge in [-0.1, -0.05) is 35.3 Å². The van der Waals surface area contributed by atoms with E-state index in [1.165, 1.54) is 0 Å². The molecule has 2 aromatic heterocycles. The van der Waals surface area contributed by atoms with Crippen molar-refractivity contribution in [2.45, 2.75) is 20.0 Å². The molecule has 1 N–H and O–H groups in total. The predicted octanol–water partition coefficient (Wildman–Crippen LogP) is 5.11. The molecular weight excluding hydrogens is 349 g/mol. The van der Waals surface area contributed by atoms with E-state index >= 15 is 0 Å². The molecule has 3 nitrogen and oxygen atoms in total. The van der Waals surface area contributed by atoms with E-state index < -0.39 is 0 Å². The molecule has 0 radical (unpaired) electrons. The number of hydrogen-bond donors (Lipinski definition) is 1. The largest absolute Gasteiger partial charge is 0.306 e. The molecule has 0 aliphatic rings. The molecule has 0 bridgehead atoms. The fourth-order valence-corrected chi connectivity index (χ4v) is 3.33. The first-order valence-electron chi connectivity index (χ1n) is 7.15. The highest BCUT2D eigenvalue weighted by atomic mass is 35.5. The van der Waals surface area contributed by atoms with Gasteiger partial charge in [0.1, 0.15) is 5.01 Å². The first-order valence-corrected chi connectivity index (χ1v) is 8.72. The summed E-state index contributed by atoms with van der Waals surface area (Å²) in [6, 6.07) is 11.7. The number of halogens is 2. The lowest BCUT2D eigenvalue weighted by atomic mass is 10.2. The molecule has 0 atom stereocenters. The van der Waals surface area contributed by atoms with Gasteiger partial charge in [0.25, 0.3) is 0 Å². The summed E-state index contributed by atoms with van der Waals surface area (Å²) in [5.41, 5.74) is 3.07. The van der Waals surface area contributed by atoms with Gasteiger partial charge >= 0.3 is 0 Å². The topological polar surface area (TPSA) is 37.8 Å². The van der Waals surface area contributed by atoms with Crippen molar-refractivity contribution in [2.24, 2.45) is 0 Å². The fourth-order valence-electron chi connectivity index (χ4n) is 2.15. The van der Waals surface area contributed by atoms with E-state index in [2.05, 4.69) is 15.3 Å². The summed E-state index contributed by atoms with van der Waals surface area (Å²) in [5, 5.41) is 5.55.